The average molecular weight is 316 g/mol. The van der Waals surface area contributed by atoms with Crippen molar-refractivity contribution in [2.75, 3.05) is 11.5 Å². The number of thioether (sulfide) groups is 2. The van der Waals surface area contributed by atoms with Gasteiger partial charge < -0.3 is 0 Å². The molecule has 3 aliphatic rings. The molecule has 0 amide bonds. The van der Waals surface area contributed by atoms with Gasteiger partial charge >= 0.3 is 0 Å². The van der Waals surface area contributed by atoms with E-state index in [0.717, 1.165) is 19.3 Å². The predicted molar refractivity (Wildman–Crippen MR) is 91.7 cm³/mol. The molecular formula is C18H20OS2. The van der Waals surface area contributed by atoms with E-state index in [2.05, 4.69) is 30.3 Å². The monoisotopic (exact) mass is 316 g/mol. The molecule has 2 unspecified atom stereocenters. The van der Waals surface area contributed by atoms with Crippen molar-refractivity contribution >= 4 is 29.3 Å². The largest absolute Gasteiger partial charge is 0.294 e. The zero-order chi connectivity index (χ0) is 14.3. The fourth-order valence-corrected chi connectivity index (χ4v) is 6.56. The van der Waals surface area contributed by atoms with E-state index in [0.29, 0.717) is 11.7 Å². The van der Waals surface area contributed by atoms with E-state index in [4.69, 9.17) is 0 Å². The topological polar surface area (TPSA) is 17.1 Å². The number of hydrogen-bond acceptors (Lipinski definition) is 3. The Balaban J connectivity index is 1.62. The van der Waals surface area contributed by atoms with Crippen molar-refractivity contribution in [2.24, 2.45) is 5.41 Å². The average Bonchev–Trinajstić information content (AvgIpc) is 3.27. The smallest absolute Gasteiger partial charge is 0.167 e. The van der Waals surface area contributed by atoms with Crippen LogP contribution in [-0.2, 0) is 4.79 Å². The van der Waals surface area contributed by atoms with Crippen molar-refractivity contribution in [3.8, 4) is 0 Å². The first-order valence-electron chi connectivity index (χ1n) is 7.90. The SMILES string of the molecule is O=C1C(=C2SCCCS2)CCCC12CC2c1ccccc1. The molecule has 1 aromatic carbocycles. The van der Waals surface area contributed by atoms with Gasteiger partial charge in [-0.3, -0.25) is 4.79 Å². The molecule has 1 nitrogen and oxygen atoms in total. The van der Waals surface area contributed by atoms with Crippen LogP contribution in [0.5, 0.6) is 0 Å². The number of carbonyl (C=O) groups is 1. The summed E-state index contributed by atoms with van der Waals surface area (Å²) in [6, 6.07) is 10.6. The molecule has 2 aliphatic carbocycles. The van der Waals surface area contributed by atoms with Crippen LogP contribution in [0.3, 0.4) is 0 Å². The van der Waals surface area contributed by atoms with Crippen LogP contribution in [0.2, 0.25) is 0 Å². The van der Waals surface area contributed by atoms with Crippen LogP contribution in [-0.4, -0.2) is 17.3 Å². The van der Waals surface area contributed by atoms with Crippen molar-refractivity contribution in [3.63, 3.8) is 0 Å². The molecule has 110 valence electrons. The van der Waals surface area contributed by atoms with E-state index in [9.17, 15) is 4.79 Å². The minimum atomic E-state index is -0.0412. The Morgan fingerprint density at radius 1 is 1.05 bits per heavy atom. The quantitative estimate of drug-likeness (QED) is 0.679. The second-order valence-corrected chi connectivity index (χ2v) is 8.79. The number of carbonyl (C=O) groups excluding carboxylic acids is 1. The first kappa shape index (κ1) is 14.0. The number of hydrogen-bond donors (Lipinski definition) is 0. The minimum Gasteiger partial charge on any atom is -0.294 e. The summed E-state index contributed by atoms with van der Waals surface area (Å²) in [6.07, 6.45) is 5.64. The van der Waals surface area contributed by atoms with Crippen molar-refractivity contribution in [1.29, 1.82) is 0 Å². The van der Waals surface area contributed by atoms with Crippen molar-refractivity contribution in [2.45, 2.75) is 38.0 Å². The zero-order valence-electron chi connectivity index (χ0n) is 12.1. The van der Waals surface area contributed by atoms with Gasteiger partial charge in [0.1, 0.15) is 0 Å². The fraction of sp³-hybridized carbons (Fsp3) is 0.500. The molecule has 1 aromatic rings. The molecule has 21 heavy (non-hydrogen) atoms. The molecule has 1 saturated heterocycles. The molecule has 1 spiro atoms. The Labute approximate surface area is 135 Å². The summed E-state index contributed by atoms with van der Waals surface area (Å²) < 4.78 is 1.35. The van der Waals surface area contributed by atoms with Gasteiger partial charge in [0.25, 0.3) is 0 Å². The highest BCUT2D eigenvalue weighted by atomic mass is 32.2. The molecule has 2 saturated carbocycles. The van der Waals surface area contributed by atoms with Crippen molar-refractivity contribution in [1.82, 2.24) is 0 Å². The van der Waals surface area contributed by atoms with Gasteiger partial charge in [-0.1, -0.05) is 30.3 Å². The second kappa shape index (κ2) is 5.51. The number of Topliss-reactive ketones (excluding diaryl/α,β-unsaturated/α-hetero) is 1. The highest BCUT2D eigenvalue weighted by Crippen LogP contribution is 2.66. The summed E-state index contributed by atoms with van der Waals surface area (Å²) in [6.45, 7) is 0. The van der Waals surface area contributed by atoms with Gasteiger partial charge in [-0.25, -0.2) is 0 Å². The summed E-state index contributed by atoms with van der Waals surface area (Å²) in [4.78, 5) is 13.1. The molecule has 1 heterocycles. The Hall–Kier alpha value is -0.670. The molecule has 4 rings (SSSR count). The van der Waals surface area contributed by atoms with Crippen LogP contribution in [0.25, 0.3) is 0 Å². The maximum atomic E-state index is 13.1. The van der Waals surface area contributed by atoms with Gasteiger partial charge in [0, 0.05) is 15.2 Å². The molecule has 0 N–H and O–H groups in total. The predicted octanol–water partition coefficient (Wildman–Crippen LogP) is 5.00. The molecule has 1 aliphatic heterocycles. The molecule has 3 fully saturated rings. The summed E-state index contributed by atoms with van der Waals surface area (Å²) >= 11 is 3.84. The van der Waals surface area contributed by atoms with Gasteiger partial charge in [0.2, 0.25) is 0 Å². The third-order valence-electron chi connectivity index (χ3n) is 5.05. The lowest BCUT2D eigenvalue weighted by Gasteiger charge is -2.27. The molecule has 2 atom stereocenters. The highest BCUT2D eigenvalue weighted by Gasteiger charge is 2.61. The number of benzene rings is 1. The summed E-state index contributed by atoms with van der Waals surface area (Å²) in [7, 11) is 0. The normalized spacial score (nSPS) is 32.6. The Kier molecular flexibility index (Phi) is 3.66. The minimum absolute atomic E-state index is 0.0412. The van der Waals surface area contributed by atoms with Crippen LogP contribution >= 0.6 is 23.5 Å². The van der Waals surface area contributed by atoms with E-state index >= 15 is 0 Å². The number of rotatable bonds is 1. The maximum Gasteiger partial charge on any atom is 0.167 e. The van der Waals surface area contributed by atoms with Gasteiger partial charge in [0.15, 0.2) is 5.78 Å². The van der Waals surface area contributed by atoms with E-state index in [1.165, 1.54) is 39.7 Å². The zero-order valence-corrected chi connectivity index (χ0v) is 13.8. The van der Waals surface area contributed by atoms with Crippen LogP contribution in [0.15, 0.2) is 40.1 Å². The van der Waals surface area contributed by atoms with Gasteiger partial charge in [-0.05, 0) is 55.1 Å². The molecular weight excluding hydrogens is 296 g/mol. The lowest BCUT2D eigenvalue weighted by Crippen LogP contribution is -2.25. The summed E-state index contributed by atoms with van der Waals surface area (Å²) in [5.41, 5.74) is 2.50. The lowest BCUT2D eigenvalue weighted by atomic mass is 9.79. The molecule has 0 bridgehead atoms. The van der Waals surface area contributed by atoms with Gasteiger partial charge in [-0.15, -0.1) is 23.5 Å². The molecule has 0 aromatic heterocycles. The second-order valence-electron chi connectivity index (χ2n) is 6.32. The van der Waals surface area contributed by atoms with E-state index in [-0.39, 0.29) is 5.41 Å². The highest BCUT2D eigenvalue weighted by molar-refractivity contribution is 8.22. The van der Waals surface area contributed by atoms with E-state index < -0.39 is 0 Å². The van der Waals surface area contributed by atoms with Crippen LogP contribution in [0.1, 0.15) is 43.6 Å². The third-order valence-corrected chi connectivity index (χ3v) is 7.76. The van der Waals surface area contributed by atoms with Crippen molar-refractivity contribution in [3.05, 3.63) is 45.7 Å². The fourth-order valence-electron chi connectivity index (χ4n) is 3.86. The van der Waals surface area contributed by atoms with Crippen LogP contribution in [0.4, 0.5) is 0 Å². The summed E-state index contributed by atoms with van der Waals surface area (Å²) in [5.74, 6) is 3.34. The van der Waals surface area contributed by atoms with Gasteiger partial charge in [0.05, 0.1) is 0 Å². The van der Waals surface area contributed by atoms with E-state index in [1.807, 2.05) is 23.5 Å². The van der Waals surface area contributed by atoms with E-state index in [1.54, 1.807) is 0 Å². The Bertz CT molecular complexity index is 584. The Morgan fingerprint density at radius 2 is 1.81 bits per heavy atom. The maximum absolute atomic E-state index is 13.1. The standard InChI is InChI=1S/C18H20OS2/c19-16-14(17-20-10-5-11-21-17)8-4-9-18(16)12-15(18)13-6-2-1-3-7-13/h1-3,6-7,15H,4-5,8-12H2. The van der Waals surface area contributed by atoms with Crippen molar-refractivity contribution < 1.29 is 4.79 Å². The van der Waals surface area contributed by atoms with Crippen LogP contribution in [0, 0.1) is 5.41 Å². The van der Waals surface area contributed by atoms with Crippen LogP contribution < -0.4 is 0 Å². The van der Waals surface area contributed by atoms with Gasteiger partial charge in [-0.2, -0.15) is 0 Å². The lowest BCUT2D eigenvalue weighted by molar-refractivity contribution is -0.122. The Morgan fingerprint density at radius 3 is 2.57 bits per heavy atom. The first-order chi connectivity index (χ1) is 10.3. The summed E-state index contributed by atoms with van der Waals surface area (Å²) in [5, 5.41) is 0. The first-order valence-corrected chi connectivity index (χ1v) is 9.87. The molecule has 0 radical (unpaired) electrons. The number of allylic oxidation sites excluding steroid dienone is 1. The third kappa shape index (κ3) is 2.39. The number of ketones is 1. The molecule has 3 heteroatoms.